The van der Waals surface area contributed by atoms with E-state index < -0.39 is 0 Å². The third-order valence-electron chi connectivity index (χ3n) is 6.68. The van der Waals surface area contributed by atoms with E-state index in [4.69, 9.17) is 10.5 Å². The van der Waals surface area contributed by atoms with Crippen molar-refractivity contribution in [2.75, 3.05) is 19.8 Å². The number of hydrogen-bond acceptors (Lipinski definition) is 3. The summed E-state index contributed by atoms with van der Waals surface area (Å²) in [4.78, 5) is 26.1. The highest BCUT2D eigenvalue weighted by Gasteiger charge is 2.52. The largest absolute Gasteiger partial charge is 0.377 e. The number of amides is 2. The fourth-order valence-corrected chi connectivity index (χ4v) is 6.31. The molecule has 4 bridgehead atoms. The molecule has 0 aromatic carbocycles. The molecule has 5 rings (SSSR count). The molecule has 5 fully saturated rings. The Labute approximate surface area is 137 Å². The van der Waals surface area contributed by atoms with Gasteiger partial charge in [-0.2, -0.15) is 0 Å². The molecule has 2 N–H and O–H groups in total. The number of morpholine rings is 1. The third-order valence-corrected chi connectivity index (χ3v) is 6.68. The highest BCUT2D eigenvalue weighted by Crippen LogP contribution is 2.61. The Morgan fingerprint density at radius 1 is 1.09 bits per heavy atom. The molecular weight excluding hydrogens is 292 g/mol. The summed E-state index contributed by atoms with van der Waals surface area (Å²) in [6.45, 7) is 1.61. The van der Waals surface area contributed by atoms with E-state index >= 15 is 0 Å². The monoisotopic (exact) mass is 320 g/mol. The Hall–Kier alpha value is -1.10. The summed E-state index contributed by atoms with van der Waals surface area (Å²) in [5.74, 6) is 2.45. The van der Waals surface area contributed by atoms with Crippen LogP contribution < -0.4 is 5.73 Å². The van der Waals surface area contributed by atoms with Crippen molar-refractivity contribution in [3.05, 3.63) is 0 Å². The van der Waals surface area contributed by atoms with E-state index in [1.807, 2.05) is 4.90 Å². The second kappa shape index (κ2) is 5.76. The summed E-state index contributed by atoms with van der Waals surface area (Å²) in [6, 6.07) is -0.164. The minimum Gasteiger partial charge on any atom is -0.377 e. The Balaban J connectivity index is 1.45. The zero-order valence-corrected chi connectivity index (χ0v) is 13.8. The van der Waals surface area contributed by atoms with Gasteiger partial charge in [0.2, 0.25) is 11.8 Å². The number of nitrogens with zero attached hydrogens (tertiary/aromatic N) is 1. The lowest BCUT2D eigenvalue weighted by atomic mass is 9.49. The zero-order chi connectivity index (χ0) is 16.0. The molecule has 1 saturated heterocycles. The highest BCUT2D eigenvalue weighted by molar-refractivity contribution is 5.79. The third kappa shape index (κ3) is 3.00. The summed E-state index contributed by atoms with van der Waals surface area (Å²) < 4.78 is 5.46. The SMILES string of the molecule is NC(=O)CC1COCCN1C(=O)CC12CC3CC(CC(C3)C1)C2. The fraction of sp³-hybridized carbons (Fsp3) is 0.889. The number of ether oxygens (including phenoxy) is 1. The van der Waals surface area contributed by atoms with E-state index in [1.54, 1.807) is 0 Å². The number of primary amides is 1. The van der Waals surface area contributed by atoms with Crippen molar-refractivity contribution >= 4 is 11.8 Å². The Morgan fingerprint density at radius 2 is 1.70 bits per heavy atom. The van der Waals surface area contributed by atoms with Crippen LogP contribution in [0.5, 0.6) is 0 Å². The van der Waals surface area contributed by atoms with Gasteiger partial charge >= 0.3 is 0 Å². The van der Waals surface area contributed by atoms with Crippen LogP contribution in [0.25, 0.3) is 0 Å². The molecule has 5 aliphatic rings. The van der Waals surface area contributed by atoms with Crippen molar-refractivity contribution in [1.82, 2.24) is 4.90 Å². The Morgan fingerprint density at radius 3 is 2.26 bits per heavy atom. The van der Waals surface area contributed by atoms with Gasteiger partial charge in [-0.15, -0.1) is 0 Å². The van der Waals surface area contributed by atoms with Gasteiger partial charge in [0.1, 0.15) is 0 Å². The van der Waals surface area contributed by atoms with Crippen LogP contribution in [0.4, 0.5) is 0 Å². The van der Waals surface area contributed by atoms with E-state index in [-0.39, 0.29) is 29.7 Å². The maximum absolute atomic E-state index is 13.0. The molecule has 0 radical (unpaired) electrons. The first-order valence-corrected chi connectivity index (χ1v) is 9.18. The second-order valence-corrected chi connectivity index (χ2v) is 8.58. The normalized spacial score (nSPS) is 42.0. The smallest absolute Gasteiger partial charge is 0.223 e. The molecule has 5 nitrogen and oxygen atoms in total. The molecule has 128 valence electrons. The molecular formula is C18H28N2O3. The first-order valence-electron chi connectivity index (χ1n) is 9.18. The molecule has 1 heterocycles. The van der Waals surface area contributed by atoms with Crippen LogP contribution in [0.1, 0.15) is 51.4 Å². The Kier molecular flexibility index (Phi) is 3.87. The summed E-state index contributed by atoms with van der Waals surface area (Å²) >= 11 is 0. The average molecular weight is 320 g/mol. The quantitative estimate of drug-likeness (QED) is 0.857. The first-order chi connectivity index (χ1) is 11.0. The summed E-state index contributed by atoms with van der Waals surface area (Å²) in [6.07, 6.45) is 8.82. The van der Waals surface area contributed by atoms with Crippen LogP contribution in [0.2, 0.25) is 0 Å². The average Bonchev–Trinajstić information content (AvgIpc) is 2.45. The number of nitrogens with two attached hydrogens (primary N) is 1. The highest BCUT2D eigenvalue weighted by atomic mass is 16.5. The van der Waals surface area contributed by atoms with Gasteiger partial charge in [-0.25, -0.2) is 0 Å². The molecule has 5 heteroatoms. The van der Waals surface area contributed by atoms with E-state index in [0.29, 0.717) is 26.2 Å². The van der Waals surface area contributed by atoms with Crippen molar-refractivity contribution < 1.29 is 14.3 Å². The van der Waals surface area contributed by atoms with Gasteiger partial charge in [0.15, 0.2) is 0 Å². The molecule has 2 amide bonds. The molecule has 1 atom stereocenters. The van der Waals surface area contributed by atoms with Crippen LogP contribution in [0.3, 0.4) is 0 Å². The van der Waals surface area contributed by atoms with Gasteiger partial charge in [-0.05, 0) is 61.7 Å². The summed E-state index contributed by atoms with van der Waals surface area (Å²) in [5, 5.41) is 0. The molecule has 0 aromatic rings. The zero-order valence-electron chi connectivity index (χ0n) is 13.8. The van der Waals surface area contributed by atoms with E-state index in [1.165, 1.54) is 38.5 Å². The second-order valence-electron chi connectivity index (χ2n) is 8.58. The molecule has 1 unspecified atom stereocenters. The lowest BCUT2D eigenvalue weighted by Gasteiger charge is -2.57. The number of carbonyl (C=O) groups is 2. The van der Waals surface area contributed by atoms with Crippen molar-refractivity contribution in [3.63, 3.8) is 0 Å². The van der Waals surface area contributed by atoms with Crippen LogP contribution in [-0.2, 0) is 14.3 Å². The molecule has 4 aliphatic carbocycles. The summed E-state index contributed by atoms with van der Waals surface area (Å²) in [7, 11) is 0. The Bertz CT molecular complexity index is 469. The van der Waals surface area contributed by atoms with Gasteiger partial charge < -0.3 is 15.4 Å². The first kappa shape index (κ1) is 15.4. The van der Waals surface area contributed by atoms with Gasteiger partial charge in [0, 0.05) is 19.4 Å². The van der Waals surface area contributed by atoms with Crippen molar-refractivity contribution in [2.45, 2.75) is 57.4 Å². The molecule has 0 spiro atoms. The van der Waals surface area contributed by atoms with Crippen molar-refractivity contribution in [3.8, 4) is 0 Å². The topological polar surface area (TPSA) is 72.6 Å². The van der Waals surface area contributed by atoms with Crippen molar-refractivity contribution in [2.24, 2.45) is 28.9 Å². The van der Waals surface area contributed by atoms with E-state index in [9.17, 15) is 9.59 Å². The maximum Gasteiger partial charge on any atom is 0.223 e. The predicted octanol–water partition coefficient (Wildman–Crippen LogP) is 1.70. The molecule has 23 heavy (non-hydrogen) atoms. The lowest BCUT2D eigenvalue weighted by molar-refractivity contribution is -0.148. The van der Waals surface area contributed by atoms with Gasteiger partial charge in [-0.1, -0.05) is 0 Å². The maximum atomic E-state index is 13.0. The van der Waals surface area contributed by atoms with Crippen LogP contribution in [0.15, 0.2) is 0 Å². The van der Waals surface area contributed by atoms with E-state index in [2.05, 4.69) is 0 Å². The lowest BCUT2D eigenvalue weighted by Crippen LogP contribution is -2.53. The standard InChI is InChI=1S/C18H28N2O3/c19-16(21)6-15-11-23-2-1-20(15)17(22)10-18-7-12-3-13(8-18)5-14(4-12)9-18/h12-15H,1-11H2,(H2,19,21). The van der Waals surface area contributed by atoms with Crippen molar-refractivity contribution in [1.29, 1.82) is 0 Å². The predicted molar refractivity (Wildman–Crippen MR) is 85.4 cm³/mol. The van der Waals surface area contributed by atoms with Crippen LogP contribution >= 0.6 is 0 Å². The molecule has 4 saturated carbocycles. The van der Waals surface area contributed by atoms with Gasteiger partial charge in [0.25, 0.3) is 0 Å². The molecule has 0 aromatic heterocycles. The number of rotatable bonds is 4. The van der Waals surface area contributed by atoms with Crippen LogP contribution in [-0.4, -0.2) is 42.5 Å². The summed E-state index contributed by atoms with van der Waals surface area (Å²) in [5.41, 5.74) is 5.59. The van der Waals surface area contributed by atoms with Crippen LogP contribution in [0, 0.1) is 23.2 Å². The fourth-order valence-electron chi connectivity index (χ4n) is 6.31. The van der Waals surface area contributed by atoms with Gasteiger partial charge in [0.05, 0.1) is 19.3 Å². The number of carbonyl (C=O) groups excluding carboxylic acids is 2. The van der Waals surface area contributed by atoms with E-state index in [0.717, 1.165) is 17.8 Å². The van der Waals surface area contributed by atoms with Gasteiger partial charge in [-0.3, -0.25) is 9.59 Å². The minimum absolute atomic E-state index is 0.164. The minimum atomic E-state index is -0.354. The number of hydrogen-bond donors (Lipinski definition) is 1. The molecule has 1 aliphatic heterocycles.